The minimum Gasteiger partial charge on any atom is -0.449 e. The molecule has 2 saturated heterocycles. The van der Waals surface area contributed by atoms with Crippen molar-refractivity contribution in [2.75, 3.05) is 26.3 Å². The Morgan fingerprint density at radius 2 is 2.35 bits per heavy atom. The Hall–Kier alpha value is -1.26. The molecule has 0 bridgehead atoms. The maximum Gasteiger partial charge on any atom is 0.409 e. The first-order chi connectivity index (χ1) is 11.2. The lowest BCUT2D eigenvalue weighted by molar-refractivity contribution is 0.0656. The molecule has 4 nitrogen and oxygen atoms in total. The molecule has 2 atom stereocenters. The van der Waals surface area contributed by atoms with Crippen LogP contribution in [0.4, 0.5) is 4.79 Å². The lowest BCUT2D eigenvalue weighted by Gasteiger charge is -2.35. The van der Waals surface area contributed by atoms with Gasteiger partial charge in [-0.2, -0.15) is 0 Å². The Morgan fingerprint density at radius 1 is 1.52 bits per heavy atom. The number of carbonyl (C=O) groups is 1. The number of epoxide rings is 1. The van der Waals surface area contributed by atoms with Crippen molar-refractivity contribution in [3.8, 4) is 0 Å². The van der Waals surface area contributed by atoms with Crippen LogP contribution in [-0.4, -0.2) is 37.3 Å². The van der Waals surface area contributed by atoms with Crippen LogP contribution in [-0.2, 0) is 15.1 Å². The van der Waals surface area contributed by atoms with Crippen LogP contribution in [0.2, 0.25) is 5.02 Å². The van der Waals surface area contributed by atoms with Gasteiger partial charge in [0.25, 0.3) is 0 Å². The van der Waals surface area contributed by atoms with E-state index in [1.54, 1.807) is 0 Å². The number of unbranched alkanes of at least 4 members (excludes halogenated alkanes) is 1. The van der Waals surface area contributed by atoms with Crippen molar-refractivity contribution >= 4 is 17.7 Å². The molecule has 1 aromatic carbocycles. The standard InChI is InChI=1S/C18H24ClNO3/c1-2-3-10-22-17(21)20-9-5-7-15(12-20)18(13-23-18)14-6-4-8-16(19)11-14/h4,6,8,11,15H,2-3,5,7,9-10,12-13H2,1H3. The molecule has 0 aromatic heterocycles. The van der Waals surface area contributed by atoms with E-state index in [4.69, 9.17) is 21.1 Å². The van der Waals surface area contributed by atoms with E-state index in [-0.39, 0.29) is 11.7 Å². The summed E-state index contributed by atoms with van der Waals surface area (Å²) in [5.74, 6) is 0.299. The Bertz CT molecular complexity index is 559. The molecule has 2 fully saturated rings. The van der Waals surface area contributed by atoms with Gasteiger partial charge in [-0.1, -0.05) is 37.1 Å². The van der Waals surface area contributed by atoms with Crippen LogP contribution in [0.1, 0.15) is 38.2 Å². The average Bonchev–Trinajstić information content (AvgIpc) is 3.37. The van der Waals surface area contributed by atoms with E-state index in [0.29, 0.717) is 25.7 Å². The first-order valence-corrected chi connectivity index (χ1v) is 8.85. The van der Waals surface area contributed by atoms with Gasteiger partial charge in [-0.25, -0.2) is 4.79 Å². The molecule has 2 aliphatic heterocycles. The van der Waals surface area contributed by atoms with Crippen LogP contribution in [0.5, 0.6) is 0 Å². The molecular weight excluding hydrogens is 314 g/mol. The van der Waals surface area contributed by atoms with Gasteiger partial charge in [0.1, 0.15) is 5.60 Å². The first kappa shape index (κ1) is 16.6. The Balaban J connectivity index is 1.65. The van der Waals surface area contributed by atoms with Crippen molar-refractivity contribution in [1.82, 2.24) is 4.90 Å². The SMILES string of the molecule is CCCCOC(=O)N1CCCC(C2(c3cccc(Cl)c3)CO2)C1. The second-order valence-electron chi connectivity index (χ2n) is 6.44. The lowest BCUT2D eigenvalue weighted by atomic mass is 9.81. The maximum atomic E-state index is 12.2. The third kappa shape index (κ3) is 3.64. The summed E-state index contributed by atoms with van der Waals surface area (Å²) in [5.41, 5.74) is 0.851. The second-order valence-corrected chi connectivity index (χ2v) is 6.88. The van der Waals surface area contributed by atoms with Gasteiger partial charge in [0, 0.05) is 24.0 Å². The van der Waals surface area contributed by atoms with Crippen molar-refractivity contribution in [2.45, 2.75) is 38.2 Å². The molecule has 2 heterocycles. The zero-order chi connectivity index (χ0) is 16.3. The van der Waals surface area contributed by atoms with Crippen LogP contribution in [0.15, 0.2) is 24.3 Å². The van der Waals surface area contributed by atoms with Gasteiger partial charge in [0.05, 0.1) is 13.2 Å². The largest absolute Gasteiger partial charge is 0.449 e. The van der Waals surface area contributed by atoms with E-state index in [1.165, 1.54) is 0 Å². The summed E-state index contributed by atoms with van der Waals surface area (Å²) in [4.78, 5) is 14.0. The highest BCUT2D eigenvalue weighted by atomic mass is 35.5. The van der Waals surface area contributed by atoms with Gasteiger partial charge >= 0.3 is 6.09 Å². The van der Waals surface area contributed by atoms with E-state index in [0.717, 1.165) is 42.8 Å². The molecule has 23 heavy (non-hydrogen) atoms. The predicted octanol–water partition coefficient (Wildman–Crippen LogP) is 4.21. The first-order valence-electron chi connectivity index (χ1n) is 8.47. The smallest absolute Gasteiger partial charge is 0.409 e. The summed E-state index contributed by atoms with van der Waals surface area (Å²) in [7, 11) is 0. The number of hydrogen-bond acceptors (Lipinski definition) is 3. The second kappa shape index (κ2) is 7.10. The van der Waals surface area contributed by atoms with Gasteiger partial charge in [-0.15, -0.1) is 0 Å². The number of halogens is 1. The number of amides is 1. The quantitative estimate of drug-likeness (QED) is 0.597. The predicted molar refractivity (Wildman–Crippen MR) is 89.6 cm³/mol. The van der Waals surface area contributed by atoms with E-state index in [2.05, 4.69) is 13.0 Å². The highest BCUT2D eigenvalue weighted by Crippen LogP contribution is 2.49. The Labute approximate surface area is 142 Å². The number of hydrogen-bond donors (Lipinski definition) is 0. The number of piperidine rings is 1. The minimum absolute atomic E-state index is 0.190. The fourth-order valence-electron chi connectivity index (χ4n) is 3.39. The molecule has 0 aliphatic carbocycles. The topological polar surface area (TPSA) is 42.1 Å². The van der Waals surface area contributed by atoms with E-state index in [1.807, 2.05) is 23.1 Å². The monoisotopic (exact) mass is 337 g/mol. The molecule has 3 rings (SSSR count). The lowest BCUT2D eigenvalue weighted by Crippen LogP contribution is -2.44. The summed E-state index contributed by atoms with van der Waals surface area (Å²) >= 11 is 6.13. The number of nitrogens with zero attached hydrogens (tertiary/aromatic N) is 1. The van der Waals surface area contributed by atoms with Gasteiger partial charge in [0.2, 0.25) is 0 Å². The van der Waals surface area contributed by atoms with Crippen LogP contribution >= 0.6 is 11.6 Å². The molecule has 0 spiro atoms. The molecule has 2 aliphatic rings. The molecule has 1 aromatic rings. The summed E-state index contributed by atoms with van der Waals surface area (Å²) in [5, 5.41) is 0.726. The van der Waals surface area contributed by atoms with Gasteiger partial charge < -0.3 is 14.4 Å². The average molecular weight is 338 g/mol. The molecule has 2 unspecified atom stereocenters. The maximum absolute atomic E-state index is 12.2. The van der Waals surface area contributed by atoms with Crippen molar-refractivity contribution in [3.63, 3.8) is 0 Å². The van der Waals surface area contributed by atoms with Crippen LogP contribution < -0.4 is 0 Å². The highest BCUT2D eigenvalue weighted by molar-refractivity contribution is 6.30. The summed E-state index contributed by atoms with van der Waals surface area (Å²) in [6.45, 7) is 4.76. The van der Waals surface area contributed by atoms with Crippen LogP contribution in [0.25, 0.3) is 0 Å². The highest BCUT2D eigenvalue weighted by Gasteiger charge is 2.54. The fraction of sp³-hybridized carbons (Fsp3) is 0.611. The van der Waals surface area contributed by atoms with E-state index >= 15 is 0 Å². The number of likely N-dealkylation sites (tertiary alicyclic amines) is 1. The fourth-order valence-corrected chi connectivity index (χ4v) is 3.58. The zero-order valence-electron chi connectivity index (χ0n) is 13.6. The zero-order valence-corrected chi connectivity index (χ0v) is 14.3. The van der Waals surface area contributed by atoms with Crippen molar-refractivity contribution in [1.29, 1.82) is 0 Å². The van der Waals surface area contributed by atoms with Gasteiger partial charge in [-0.3, -0.25) is 0 Å². The van der Waals surface area contributed by atoms with Gasteiger partial charge in [0.15, 0.2) is 0 Å². The van der Waals surface area contributed by atoms with Gasteiger partial charge in [-0.05, 0) is 37.0 Å². The number of carbonyl (C=O) groups excluding carboxylic acids is 1. The molecule has 0 saturated carbocycles. The normalized spacial score (nSPS) is 26.9. The Morgan fingerprint density at radius 3 is 3.04 bits per heavy atom. The molecule has 1 amide bonds. The summed E-state index contributed by atoms with van der Waals surface area (Å²) in [6.07, 6.45) is 3.80. The third-order valence-corrected chi connectivity index (χ3v) is 5.07. The summed E-state index contributed by atoms with van der Waals surface area (Å²) < 4.78 is 11.2. The Kier molecular flexibility index (Phi) is 5.12. The van der Waals surface area contributed by atoms with E-state index < -0.39 is 0 Å². The number of rotatable bonds is 5. The molecule has 126 valence electrons. The van der Waals surface area contributed by atoms with E-state index in [9.17, 15) is 4.79 Å². The third-order valence-electron chi connectivity index (χ3n) is 4.83. The van der Waals surface area contributed by atoms with Crippen LogP contribution in [0.3, 0.4) is 0 Å². The molecular formula is C18H24ClNO3. The van der Waals surface area contributed by atoms with Crippen molar-refractivity contribution < 1.29 is 14.3 Å². The minimum atomic E-state index is -0.271. The van der Waals surface area contributed by atoms with Crippen LogP contribution in [0, 0.1) is 5.92 Å². The molecule has 0 radical (unpaired) electrons. The summed E-state index contributed by atoms with van der Waals surface area (Å²) in [6, 6.07) is 7.88. The molecule has 5 heteroatoms. The molecule has 0 N–H and O–H groups in total. The number of ether oxygens (including phenoxy) is 2. The number of benzene rings is 1. The van der Waals surface area contributed by atoms with Crippen molar-refractivity contribution in [3.05, 3.63) is 34.9 Å². The van der Waals surface area contributed by atoms with Crippen molar-refractivity contribution in [2.24, 2.45) is 5.92 Å².